The Labute approximate surface area is 171 Å². The van der Waals surface area contributed by atoms with Gasteiger partial charge in [-0.1, -0.05) is 32.9 Å². The Morgan fingerprint density at radius 2 is 1.96 bits per heavy atom. The fourth-order valence-corrected chi connectivity index (χ4v) is 3.36. The SMILES string of the molecule is CCC(C)NC(=O)c1cccc(CNC(=NC)NCc2nc(C(C)C)cs2)c1. The van der Waals surface area contributed by atoms with Crippen LogP contribution < -0.4 is 16.0 Å². The van der Waals surface area contributed by atoms with Crippen molar-refractivity contribution < 1.29 is 4.79 Å². The van der Waals surface area contributed by atoms with Crippen LogP contribution in [0.4, 0.5) is 0 Å². The summed E-state index contributed by atoms with van der Waals surface area (Å²) in [5.41, 5.74) is 2.82. The van der Waals surface area contributed by atoms with Crippen molar-refractivity contribution in [1.29, 1.82) is 0 Å². The Morgan fingerprint density at radius 3 is 2.61 bits per heavy atom. The van der Waals surface area contributed by atoms with Gasteiger partial charge >= 0.3 is 0 Å². The van der Waals surface area contributed by atoms with E-state index in [0.29, 0.717) is 30.5 Å². The first-order valence-electron chi connectivity index (χ1n) is 9.71. The molecule has 3 N–H and O–H groups in total. The van der Waals surface area contributed by atoms with E-state index in [2.05, 4.69) is 52.1 Å². The Balaban J connectivity index is 1.88. The first-order valence-corrected chi connectivity index (χ1v) is 10.6. The van der Waals surface area contributed by atoms with Gasteiger partial charge in [-0.2, -0.15) is 0 Å². The minimum Gasteiger partial charge on any atom is -0.352 e. The van der Waals surface area contributed by atoms with Gasteiger partial charge in [0.05, 0.1) is 12.2 Å². The van der Waals surface area contributed by atoms with Crippen LogP contribution >= 0.6 is 11.3 Å². The smallest absolute Gasteiger partial charge is 0.251 e. The lowest BCUT2D eigenvalue weighted by Gasteiger charge is -2.13. The average Bonchev–Trinajstić information content (AvgIpc) is 3.17. The molecule has 1 aromatic carbocycles. The molecule has 0 aliphatic carbocycles. The maximum Gasteiger partial charge on any atom is 0.251 e. The molecule has 6 nitrogen and oxygen atoms in total. The van der Waals surface area contributed by atoms with E-state index in [-0.39, 0.29) is 11.9 Å². The van der Waals surface area contributed by atoms with E-state index in [9.17, 15) is 4.79 Å². The highest BCUT2D eigenvalue weighted by Crippen LogP contribution is 2.17. The number of nitrogens with one attached hydrogen (secondary N) is 3. The quantitative estimate of drug-likeness (QED) is 0.466. The summed E-state index contributed by atoms with van der Waals surface area (Å²) in [4.78, 5) is 21.2. The van der Waals surface area contributed by atoms with E-state index in [1.807, 2.05) is 31.2 Å². The molecule has 0 radical (unpaired) electrons. The van der Waals surface area contributed by atoms with Gasteiger partial charge < -0.3 is 16.0 Å². The number of aliphatic imine (C=N–C) groups is 1. The molecule has 0 saturated carbocycles. The Bertz CT molecular complexity index is 800. The lowest BCUT2D eigenvalue weighted by atomic mass is 10.1. The van der Waals surface area contributed by atoms with Gasteiger partial charge in [-0.05, 0) is 37.0 Å². The van der Waals surface area contributed by atoms with Crippen LogP contribution in [0.2, 0.25) is 0 Å². The molecule has 1 aromatic heterocycles. The number of hydrogen-bond donors (Lipinski definition) is 3. The molecule has 1 unspecified atom stereocenters. The zero-order valence-electron chi connectivity index (χ0n) is 17.4. The van der Waals surface area contributed by atoms with Crippen molar-refractivity contribution in [2.24, 2.45) is 4.99 Å². The van der Waals surface area contributed by atoms with Gasteiger partial charge in [-0.15, -0.1) is 11.3 Å². The summed E-state index contributed by atoms with van der Waals surface area (Å²) in [7, 11) is 1.74. The molecule has 152 valence electrons. The Kier molecular flexibility index (Phi) is 8.44. The fraction of sp³-hybridized carbons (Fsp3) is 0.476. The molecule has 0 fully saturated rings. The normalized spacial score (nSPS) is 12.7. The van der Waals surface area contributed by atoms with E-state index in [1.54, 1.807) is 18.4 Å². The summed E-state index contributed by atoms with van der Waals surface area (Å²) in [5.74, 6) is 1.10. The van der Waals surface area contributed by atoms with Gasteiger partial charge in [-0.25, -0.2) is 4.98 Å². The van der Waals surface area contributed by atoms with Crippen molar-refractivity contribution in [2.45, 2.75) is 59.2 Å². The van der Waals surface area contributed by atoms with Crippen LogP contribution in [-0.4, -0.2) is 29.9 Å². The van der Waals surface area contributed by atoms with E-state index in [4.69, 9.17) is 0 Å². The number of carbonyl (C=O) groups is 1. The second kappa shape index (κ2) is 10.8. The number of aromatic nitrogens is 1. The largest absolute Gasteiger partial charge is 0.352 e. The van der Waals surface area contributed by atoms with Crippen LogP contribution in [0, 0.1) is 0 Å². The zero-order chi connectivity index (χ0) is 20.5. The monoisotopic (exact) mass is 401 g/mol. The second-order valence-electron chi connectivity index (χ2n) is 7.08. The fourth-order valence-electron chi connectivity index (χ4n) is 2.47. The molecule has 2 aromatic rings. The molecule has 7 heteroatoms. The lowest BCUT2D eigenvalue weighted by molar-refractivity contribution is 0.0939. The van der Waals surface area contributed by atoms with Crippen LogP contribution in [0.5, 0.6) is 0 Å². The maximum atomic E-state index is 12.3. The molecule has 0 aliphatic heterocycles. The molecule has 1 atom stereocenters. The number of thiazole rings is 1. The number of guanidine groups is 1. The summed E-state index contributed by atoms with van der Waals surface area (Å²) >= 11 is 1.66. The number of hydrogen-bond acceptors (Lipinski definition) is 4. The maximum absolute atomic E-state index is 12.3. The standard InChI is InChI=1S/C21H31N5OS/c1-6-15(4)25-20(27)17-9-7-8-16(10-17)11-23-21(22-5)24-12-19-26-18(13-28-19)14(2)3/h7-10,13-15H,6,11-12H2,1-5H3,(H,25,27)(H2,22,23,24). The summed E-state index contributed by atoms with van der Waals surface area (Å²) < 4.78 is 0. The van der Waals surface area contributed by atoms with Crippen molar-refractivity contribution in [3.05, 3.63) is 51.5 Å². The summed E-state index contributed by atoms with van der Waals surface area (Å²) in [6.07, 6.45) is 0.909. The first-order chi connectivity index (χ1) is 13.4. The summed E-state index contributed by atoms with van der Waals surface area (Å²) in [6, 6.07) is 7.81. The predicted octanol–water partition coefficient (Wildman–Crippen LogP) is 3.66. The van der Waals surface area contributed by atoms with Gasteiger partial charge in [0.2, 0.25) is 0 Å². The van der Waals surface area contributed by atoms with Crippen LogP contribution in [0.1, 0.15) is 66.7 Å². The number of amides is 1. The van der Waals surface area contributed by atoms with E-state index < -0.39 is 0 Å². The van der Waals surface area contributed by atoms with Gasteiger partial charge in [0.15, 0.2) is 5.96 Å². The third kappa shape index (κ3) is 6.64. The van der Waals surface area contributed by atoms with Crippen molar-refractivity contribution >= 4 is 23.2 Å². The Morgan fingerprint density at radius 1 is 1.21 bits per heavy atom. The van der Waals surface area contributed by atoms with Gasteiger partial charge in [0.25, 0.3) is 5.91 Å². The molecule has 0 aliphatic rings. The van der Waals surface area contributed by atoms with Crippen molar-refractivity contribution in [3.8, 4) is 0 Å². The molecular formula is C21H31N5OS. The molecular weight excluding hydrogens is 370 g/mol. The van der Waals surface area contributed by atoms with E-state index in [1.165, 1.54) is 0 Å². The highest BCUT2D eigenvalue weighted by atomic mass is 32.1. The van der Waals surface area contributed by atoms with Crippen molar-refractivity contribution in [3.63, 3.8) is 0 Å². The minimum absolute atomic E-state index is 0.0385. The second-order valence-corrected chi connectivity index (χ2v) is 8.03. The molecule has 0 spiro atoms. The predicted molar refractivity (Wildman–Crippen MR) is 117 cm³/mol. The van der Waals surface area contributed by atoms with Crippen LogP contribution in [0.3, 0.4) is 0 Å². The van der Waals surface area contributed by atoms with Crippen LogP contribution in [0.15, 0.2) is 34.6 Å². The topological polar surface area (TPSA) is 78.4 Å². The molecule has 0 bridgehead atoms. The number of benzene rings is 1. The van der Waals surface area contributed by atoms with E-state index in [0.717, 1.165) is 22.7 Å². The van der Waals surface area contributed by atoms with Gasteiger partial charge in [0.1, 0.15) is 5.01 Å². The van der Waals surface area contributed by atoms with Crippen LogP contribution in [0.25, 0.3) is 0 Å². The van der Waals surface area contributed by atoms with Crippen molar-refractivity contribution in [2.75, 3.05) is 7.05 Å². The third-order valence-corrected chi connectivity index (χ3v) is 5.30. The van der Waals surface area contributed by atoms with Crippen molar-refractivity contribution in [1.82, 2.24) is 20.9 Å². The number of carbonyl (C=O) groups excluding carboxylic acids is 1. The van der Waals surface area contributed by atoms with Gasteiger partial charge in [-0.3, -0.25) is 9.79 Å². The zero-order valence-corrected chi connectivity index (χ0v) is 18.2. The molecule has 1 heterocycles. The summed E-state index contributed by atoms with van der Waals surface area (Å²) in [6.45, 7) is 9.56. The number of nitrogens with zero attached hydrogens (tertiary/aromatic N) is 2. The molecule has 0 saturated heterocycles. The third-order valence-electron chi connectivity index (χ3n) is 4.43. The lowest BCUT2D eigenvalue weighted by Crippen LogP contribution is -2.36. The minimum atomic E-state index is -0.0385. The Hall–Kier alpha value is -2.41. The highest BCUT2D eigenvalue weighted by molar-refractivity contribution is 7.09. The summed E-state index contributed by atoms with van der Waals surface area (Å²) in [5, 5.41) is 12.7. The van der Waals surface area contributed by atoms with Gasteiger partial charge in [0, 0.05) is 30.6 Å². The van der Waals surface area contributed by atoms with Crippen LogP contribution in [-0.2, 0) is 13.1 Å². The molecule has 28 heavy (non-hydrogen) atoms. The first kappa shape index (κ1) is 21.9. The molecule has 2 rings (SSSR count). The number of rotatable bonds is 8. The van der Waals surface area contributed by atoms with E-state index >= 15 is 0 Å². The molecule has 1 amide bonds. The highest BCUT2D eigenvalue weighted by Gasteiger charge is 2.10. The average molecular weight is 402 g/mol.